The average Bonchev–Trinajstić information content (AvgIpc) is 3.41. The molecule has 3 N–H and O–H groups in total. The highest BCUT2D eigenvalue weighted by molar-refractivity contribution is 7.18. The van der Waals surface area contributed by atoms with Gasteiger partial charge in [-0.05, 0) is 44.7 Å². The normalized spacial score (nSPS) is 17.4. The molecule has 9 nitrogen and oxygen atoms in total. The number of ether oxygens (including phenoxy) is 1. The van der Waals surface area contributed by atoms with Crippen molar-refractivity contribution in [3.05, 3.63) is 41.0 Å². The number of thiazole rings is 1. The van der Waals surface area contributed by atoms with Crippen LogP contribution in [-0.4, -0.2) is 48.9 Å². The predicted molar refractivity (Wildman–Crippen MR) is 123 cm³/mol. The van der Waals surface area contributed by atoms with Gasteiger partial charge in [0.1, 0.15) is 23.0 Å². The van der Waals surface area contributed by atoms with E-state index >= 15 is 0 Å². The molecule has 0 spiro atoms. The molecule has 2 aliphatic rings. The predicted octanol–water partition coefficient (Wildman–Crippen LogP) is 3.92. The smallest absolute Gasteiger partial charge is 0.325 e. The van der Waals surface area contributed by atoms with Crippen molar-refractivity contribution in [3.8, 4) is 11.8 Å². The number of aromatic nitrogens is 5. The van der Waals surface area contributed by atoms with Crippen LogP contribution in [0.3, 0.4) is 0 Å². The molecule has 0 atom stereocenters. The SMILES string of the molecule is Cc1cc(Nc2cc(N3CC(O)(C4CC4)C3)nc(Oc3ccc4nc(C)sc4c3)n2)n[nH]1. The zero-order valence-electron chi connectivity index (χ0n) is 17.8. The second-order valence-corrected chi connectivity index (χ2v) is 9.89. The van der Waals surface area contributed by atoms with Crippen molar-refractivity contribution >= 4 is 39.0 Å². The zero-order valence-corrected chi connectivity index (χ0v) is 18.6. The number of β-amino-alcohol motifs (C(OH)–C–C–N with tert-alkyl or cyclic N) is 1. The lowest BCUT2D eigenvalue weighted by Gasteiger charge is -2.47. The molecule has 32 heavy (non-hydrogen) atoms. The highest BCUT2D eigenvalue weighted by Crippen LogP contribution is 2.45. The first-order chi connectivity index (χ1) is 15.4. The van der Waals surface area contributed by atoms with Gasteiger partial charge < -0.3 is 20.1 Å². The van der Waals surface area contributed by atoms with Gasteiger partial charge in [0.05, 0.1) is 28.3 Å². The van der Waals surface area contributed by atoms with Crippen LogP contribution in [0.15, 0.2) is 30.3 Å². The topological polar surface area (TPSA) is 112 Å². The minimum atomic E-state index is -0.603. The van der Waals surface area contributed by atoms with E-state index in [-0.39, 0.29) is 6.01 Å². The van der Waals surface area contributed by atoms with Gasteiger partial charge in [-0.15, -0.1) is 11.3 Å². The van der Waals surface area contributed by atoms with E-state index in [1.807, 2.05) is 44.2 Å². The number of fused-ring (bicyclic) bond motifs is 1. The fourth-order valence-electron chi connectivity index (χ4n) is 4.14. The van der Waals surface area contributed by atoms with Crippen LogP contribution in [0.4, 0.5) is 17.5 Å². The molecule has 1 aliphatic carbocycles. The molecule has 1 aliphatic heterocycles. The maximum Gasteiger partial charge on any atom is 0.325 e. The number of benzene rings is 1. The van der Waals surface area contributed by atoms with Crippen molar-refractivity contribution in [1.29, 1.82) is 0 Å². The molecule has 4 aromatic rings. The molecule has 0 amide bonds. The van der Waals surface area contributed by atoms with Gasteiger partial charge in [-0.3, -0.25) is 5.10 Å². The van der Waals surface area contributed by atoms with E-state index in [0.717, 1.165) is 33.8 Å². The van der Waals surface area contributed by atoms with Gasteiger partial charge in [-0.1, -0.05) is 0 Å². The minimum Gasteiger partial charge on any atom is -0.424 e. The van der Waals surface area contributed by atoms with Crippen LogP contribution < -0.4 is 15.0 Å². The van der Waals surface area contributed by atoms with E-state index in [9.17, 15) is 5.11 Å². The number of nitrogens with one attached hydrogen (secondary N) is 2. The Morgan fingerprint density at radius 1 is 1.12 bits per heavy atom. The number of aromatic amines is 1. The summed E-state index contributed by atoms with van der Waals surface area (Å²) in [5.41, 5.74) is 1.29. The quantitative estimate of drug-likeness (QED) is 0.406. The molecule has 0 unspecified atom stereocenters. The average molecular weight is 450 g/mol. The highest BCUT2D eigenvalue weighted by Gasteiger charge is 2.52. The number of hydrogen-bond donors (Lipinski definition) is 3. The number of rotatable bonds is 6. The largest absolute Gasteiger partial charge is 0.424 e. The molecule has 1 aromatic carbocycles. The standard InChI is InChI=1S/C22H23N7O2S/c1-12-7-19(28-27-12)24-18-9-20(29-10-22(30,11-29)14-3-4-14)26-21(25-18)31-15-5-6-16-17(8-15)32-13(2)23-16/h5-9,14,30H,3-4,10-11H2,1-2H3,(H2,24,25,26,27,28). The Kier molecular flexibility index (Phi) is 4.34. The molecule has 0 bridgehead atoms. The molecular weight excluding hydrogens is 426 g/mol. The van der Waals surface area contributed by atoms with E-state index in [1.165, 1.54) is 0 Å². The Morgan fingerprint density at radius 3 is 2.72 bits per heavy atom. The lowest BCUT2D eigenvalue weighted by molar-refractivity contribution is -0.00979. The maximum absolute atomic E-state index is 10.7. The van der Waals surface area contributed by atoms with Crippen LogP contribution in [0, 0.1) is 19.8 Å². The van der Waals surface area contributed by atoms with Crippen LogP contribution in [0.1, 0.15) is 23.5 Å². The number of aryl methyl sites for hydroxylation is 2. The molecule has 4 heterocycles. The molecular formula is C22H23N7O2S. The highest BCUT2D eigenvalue weighted by atomic mass is 32.1. The summed E-state index contributed by atoms with van der Waals surface area (Å²) in [5, 5.41) is 22.1. The van der Waals surface area contributed by atoms with Crippen LogP contribution in [0.2, 0.25) is 0 Å². The van der Waals surface area contributed by atoms with Crippen LogP contribution in [-0.2, 0) is 0 Å². The number of anilines is 3. The molecule has 164 valence electrons. The summed E-state index contributed by atoms with van der Waals surface area (Å²) in [6.45, 7) is 5.07. The van der Waals surface area contributed by atoms with Gasteiger partial charge in [-0.25, -0.2) is 4.98 Å². The van der Waals surface area contributed by atoms with Gasteiger partial charge in [-0.2, -0.15) is 15.1 Å². The van der Waals surface area contributed by atoms with Gasteiger partial charge >= 0.3 is 6.01 Å². The summed E-state index contributed by atoms with van der Waals surface area (Å²) in [7, 11) is 0. The zero-order chi connectivity index (χ0) is 21.9. The molecule has 1 saturated heterocycles. The number of aliphatic hydroxyl groups is 1. The fraction of sp³-hybridized carbons (Fsp3) is 0.364. The van der Waals surface area contributed by atoms with Gasteiger partial charge in [0.25, 0.3) is 0 Å². The first-order valence-electron chi connectivity index (χ1n) is 10.6. The van der Waals surface area contributed by atoms with Crippen LogP contribution >= 0.6 is 11.3 Å². The summed E-state index contributed by atoms with van der Waals surface area (Å²) < 4.78 is 7.10. The summed E-state index contributed by atoms with van der Waals surface area (Å²) in [5.74, 6) is 3.02. The van der Waals surface area contributed by atoms with E-state index < -0.39 is 5.60 Å². The summed E-state index contributed by atoms with van der Waals surface area (Å²) in [4.78, 5) is 15.7. The van der Waals surface area contributed by atoms with Gasteiger partial charge in [0.15, 0.2) is 5.82 Å². The summed E-state index contributed by atoms with van der Waals surface area (Å²) in [6.07, 6.45) is 2.21. The second-order valence-electron chi connectivity index (χ2n) is 8.65. The van der Waals surface area contributed by atoms with Gasteiger partial charge in [0.2, 0.25) is 0 Å². The Bertz CT molecular complexity index is 1310. The Labute approximate surface area is 188 Å². The molecule has 3 aromatic heterocycles. The fourth-order valence-corrected chi connectivity index (χ4v) is 5.00. The van der Waals surface area contributed by atoms with Crippen molar-refractivity contribution in [2.24, 2.45) is 5.92 Å². The number of nitrogens with zero attached hydrogens (tertiary/aromatic N) is 5. The number of hydrogen-bond acceptors (Lipinski definition) is 9. The van der Waals surface area contributed by atoms with E-state index in [2.05, 4.69) is 35.4 Å². The first-order valence-corrected chi connectivity index (χ1v) is 11.5. The third kappa shape index (κ3) is 3.65. The van der Waals surface area contributed by atoms with Gasteiger partial charge in [0, 0.05) is 23.9 Å². The van der Waals surface area contributed by atoms with Crippen LogP contribution in [0.25, 0.3) is 10.2 Å². The van der Waals surface area contributed by atoms with E-state index in [1.54, 1.807) is 11.3 Å². The lowest BCUT2D eigenvalue weighted by atomic mass is 9.89. The molecule has 2 fully saturated rings. The monoisotopic (exact) mass is 449 g/mol. The Hall–Kier alpha value is -3.24. The van der Waals surface area contributed by atoms with E-state index in [4.69, 9.17) is 4.74 Å². The lowest BCUT2D eigenvalue weighted by Crippen LogP contribution is -2.63. The minimum absolute atomic E-state index is 0.236. The van der Waals surface area contributed by atoms with Crippen molar-refractivity contribution in [3.63, 3.8) is 0 Å². The Morgan fingerprint density at radius 2 is 1.97 bits per heavy atom. The first kappa shape index (κ1) is 19.4. The molecule has 1 saturated carbocycles. The van der Waals surface area contributed by atoms with Crippen molar-refractivity contribution in [2.45, 2.75) is 32.3 Å². The van der Waals surface area contributed by atoms with Crippen molar-refractivity contribution in [1.82, 2.24) is 25.1 Å². The van der Waals surface area contributed by atoms with E-state index in [0.29, 0.717) is 42.2 Å². The third-order valence-corrected chi connectivity index (χ3v) is 6.85. The molecule has 10 heteroatoms. The maximum atomic E-state index is 10.7. The number of H-pyrrole nitrogens is 1. The summed E-state index contributed by atoms with van der Waals surface area (Å²) >= 11 is 1.62. The summed E-state index contributed by atoms with van der Waals surface area (Å²) in [6, 6.07) is 9.76. The van der Waals surface area contributed by atoms with Crippen molar-refractivity contribution in [2.75, 3.05) is 23.3 Å². The van der Waals surface area contributed by atoms with Crippen molar-refractivity contribution < 1.29 is 9.84 Å². The third-order valence-electron chi connectivity index (χ3n) is 5.92. The second kappa shape index (κ2) is 7.14. The van der Waals surface area contributed by atoms with Crippen LogP contribution in [0.5, 0.6) is 11.8 Å². The Balaban J connectivity index is 1.30. The molecule has 6 rings (SSSR count). The molecule has 0 radical (unpaired) electrons.